The zero-order valence-electron chi connectivity index (χ0n) is 18.0. The average Bonchev–Trinajstić information content (AvgIpc) is 3.49. The lowest BCUT2D eigenvalue weighted by molar-refractivity contribution is 0.104. The van der Waals surface area contributed by atoms with Gasteiger partial charge in [-0.1, -0.05) is 51.3 Å². The monoisotopic (exact) mass is 432 g/mol. The zero-order chi connectivity index (χ0) is 21.6. The van der Waals surface area contributed by atoms with E-state index in [0.29, 0.717) is 22.0 Å². The fourth-order valence-electron chi connectivity index (χ4n) is 3.80. The largest absolute Gasteiger partial charge is 0.385 e. The van der Waals surface area contributed by atoms with Gasteiger partial charge in [0.05, 0.1) is 22.3 Å². The SMILES string of the molecule is CCCCC(CC)CNc1cccc(-c2ccnc3c(C(=O)c4cccs4)cnn23)c1. The number of thiophene rings is 1. The number of aromatic nitrogens is 3. The van der Waals surface area contributed by atoms with E-state index in [0.717, 1.165) is 23.5 Å². The Morgan fingerprint density at radius 1 is 1.19 bits per heavy atom. The predicted octanol–water partition coefficient (Wildman–Crippen LogP) is 6.32. The summed E-state index contributed by atoms with van der Waals surface area (Å²) in [5.74, 6) is 0.649. The van der Waals surface area contributed by atoms with E-state index >= 15 is 0 Å². The smallest absolute Gasteiger partial charge is 0.208 e. The highest BCUT2D eigenvalue weighted by Crippen LogP contribution is 2.26. The second kappa shape index (κ2) is 9.88. The van der Waals surface area contributed by atoms with Gasteiger partial charge >= 0.3 is 0 Å². The highest BCUT2D eigenvalue weighted by atomic mass is 32.1. The van der Waals surface area contributed by atoms with Crippen LogP contribution < -0.4 is 5.32 Å². The van der Waals surface area contributed by atoms with Crippen molar-refractivity contribution in [2.75, 3.05) is 11.9 Å². The van der Waals surface area contributed by atoms with Gasteiger partial charge in [-0.05, 0) is 42.0 Å². The molecule has 0 aliphatic heterocycles. The highest BCUT2D eigenvalue weighted by molar-refractivity contribution is 7.12. The molecule has 1 N–H and O–H groups in total. The number of carbonyl (C=O) groups excluding carboxylic acids is 1. The molecule has 0 saturated carbocycles. The number of rotatable bonds is 10. The van der Waals surface area contributed by atoms with E-state index in [9.17, 15) is 4.79 Å². The Morgan fingerprint density at radius 3 is 2.87 bits per heavy atom. The number of fused-ring (bicyclic) bond motifs is 1. The molecule has 31 heavy (non-hydrogen) atoms. The molecule has 4 rings (SSSR count). The van der Waals surface area contributed by atoms with Gasteiger partial charge in [0.25, 0.3) is 0 Å². The Morgan fingerprint density at radius 2 is 2.10 bits per heavy atom. The molecule has 0 bridgehead atoms. The van der Waals surface area contributed by atoms with Gasteiger partial charge < -0.3 is 5.32 Å². The van der Waals surface area contributed by atoms with Crippen LogP contribution in [0.2, 0.25) is 0 Å². The summed E-state index contributed by atoms with van der Waals surface area (Å²) in [6.45, 7) is 5.49. The number of ketones is 1. The minimum absolute atomic E-state index is 0.0391. The highest BCUT2D eigenvalue weighted by Gasteiger charge is 2.18. The fraction of sp³-hybridized carbons (Fsp3) is 0.320. The van der Waals surface area contributed by atoms with Crippen molar-refractivity contribution >= 4 is 28.5 Å². The van der Waals surface area contributed by atoms with Gasteiger partial charge in [-0.3, -0.25) is 4.79 Å². The van der Waals surface area contributed by atoms with Crippen molar-refractivity contribution in [1.29, 1.82) is 0 Å². The van der Waals surface area contributed by atoms with Crippen LogP contribution >= 0.6 is 11.3 Å². The molecule has 1 unspecified atom stereocenters. The first-order valence-electron chi connectivity index (χ1n) is 11.0. The minimum Gasteiger partial charge on any atom is -0.385 e. The third kappa shape index (κ3) is 4.69. The molecule has 1 aromatic carbocycles. The van der Waals surface area contributed by atoms with Crippen molar-refractivity contribution in [2.45, 2.75) is 39.5 Å². The maximum absolute atomic E-state index is 12.8. The lowest BCUT2D eigenvalue weighted by atomic mass is 9.99. The molecule has 0 amide bonds. The molecule has 1 atom stereocenters. The number of unbranched alkanes of at least 4 members (excludes halogenated alkanes) is 1. The number of anilines is 1. The maximum atomic E-state index is 12.8. The summed E-state index contributed by atoms with van der Waals surface area (Å²) < 4.78 is 1.76. The van der Waals surface area contributed by atoms with Crippen LogP contribution in [0.25, 0.3) is 16.9 Å². The van der Waals surface area contributed by atoms with Crippen LogP contribution in [-0.2, 0) is 0 Å². The van der Waals surface area contributed by atoms with E-state index in [-0.39, 0.29) is 5.78 Å². The lowest BCUT2D eigenvalue weighted by Crippen LogP contribution is -2.13. The molecule has 0 fully saturated rings. The van der Waals surface area contributed by atoms with E-state index in [2.05, 4.69) is 53.5 Å². The van der Waals surface area contributed by atoms with Gasteiger partial charge in [0, 0.05) is 24.0 Å². The Bertz CT molecular complexity index is 1150. The molecule has 160 valence electrons. The van der Waals surface area contributed by atoms with Crippen molar-refractivity contribution < 1.29 is 4.79 Å². The Kier molecular flexibility index (Phi) is 6.77. The summed E-state index contributed by atoms with van der Waals surface area (Å²) in [5.41, 5.74) is 4.16. The predicted molar refractivity (Wildman–Crippen MR) is 128 cm³/mol. The number of carbonyl (C=O) groups is 1. The topological polar surface area (TPSA) is 59.3 Å². The summed E-state index contributed by atoms with van der Waals surface area (Å²) in [6, 6.07) is 14.0. The first-order valence-corrected chi connectivity index (χ1v) is 11.8. The summed E-state index contributed by atoms with van der Waals surface area (Å²) in [5, 5.41) is 10.0. The third-order valence-corrected chi connectivity index (χ3v) is 6.56. The van der Waals surface area contributed by atoms with E-state index < -0.39 is 0 Å². The molecule has 3 aromatic heterocycles. The molecule has 0 aliphatic carbocycles. The van der Waals surface area contributed by atoms with Gasteiger partial charge in [-0.2, -0.15) is 5.10 Å². The molecular weight excluding hydrogens is 404 g/mol. The lowest BCUT2D eigenvalue weighted by Gasteiger charge is -2.16. The van der Waals surface area contributed by atoms with E-state index in [4.69, 9.17) is 0 Å². The maximum Gasteiger partial charge on any atom is 0.208 e. The van der Waals surface area contributed by atoms with Crippen molar-refractivity contribution in [3.63, 3.8) is 0 Å². The number of hydrogen-bond donors (Lipinski definition) is 1. The number of nitrogens with one attached hydrogen (secondary N) is 1. The van der Waals surface area contributed by atoms with Crippen LogP contribution in [0.1, 0.15) is 54.8 Å². The van der Waals surface area contributed by atoms with Gasteiger partial charge in [-0.25, -0.2) is 9.50 Å². The molecule has 0 radical (unpaired) electrons. The van der Waals surface area contributed by atoms with Crippen LogP contribution in [0.3, 0.4) is 0 Å². The number of nitrogens with zero attached hydrogens (tertiary/aromatic N) is 3. The zero-order valence-corrected chi connectivity index (χ0v) is 18.9. The molecule has 0 spiro atoms. The van der Waals surface area contributed by atoms with Gasteiger partial charge in [0.2, 0.25) is 5.78 Å². The molecular formula is C25H28N4OS. The van der Waals surface area contributed by atoms with Gasteiger partial charge in [0.1, 0.15) is 0 Å². The quantitative estimate of drug-likeness (QED) is 0.298. The average molecular weight is 433 g/mol. The summed E-state index contributed by atoms with van der Waals surface area (Å²) in [6.07, 6.45) is 8.34. The molecule has 4 aromatic rings. The van der Waals surface area contributed by atoms with E-state index in [1.54, 1.807) is 16.9 Å². The fourth-order valence-corrected chi connectivity index (χ4v) is 4.48. The van der Waals surface area contributed by atoms with Crippen molar-refractivity contribution in [1.82, 2.24) is 14.6 Å². The van der Waals surface area contributed by atoms with Crippen LogP contribution in [0.5, 0.6) is 0 Å². The van der Waals surface area contributed by atoms with Crippen LogP contribution in [0, 0.1) is 5.92 Å². The van der Waals surface area contributed by atoms with Crippen LogP contribution in [-0.4, -0.2) is 26.9 Å². The molecule has 3 heterocycles. The Balaban J connectivity index is 1.59. The first-order chi connectivity index (χ1) is 15.2. The summed E-state index contributed by atoms with van der Waals surface area (Å²) in [7, 11) is 0. The Hall–Kier alpha value is -2.99. The van der Waals surface area contributed by atoms with Crippen molar-refractivity contribution in [3.05, 3.63) is 70.7 Å². The standard InChI is InChI=1S/C25H28N4OS/c1-3-5-8-18(4-2)16-27-20-10-6-9-19(15-20)22-12-13-26-25-21(17-28-29(22)25)24(30)23-11-7-14-31-23/h6-7,9-15,17-18,27H,3-5,8,16H2,1-2H3. The van der Waals surface area contributed by atoms with Crippen LogP contribution in [0.15, 0.2) is 60.2 Å². The third-order valence-electron chi connectivity index (χ3n) is 5.69. The number of hydrogen-bond acceptors (Lipinski definition) is 5. The Labute approximate surface area is 187 Å². The van der Waals surface area contributed by atoms with E-state index in [1.165, 1.54) is 37.0 Å². The summed E-state index contributed by atoms with van der Waals surface area (Å²) >= 11 is 1.43. The minimum atomic E-state index is -0.0391. The second-order valence-corrected chi connectivity index (χ2v) is 8.76. The molecule has 0 saturated heterocycles. The molecule has 6 heteroatoms. The van der Waals surface area contributed by atoms with Crippen molar-refractivity contribution in [2.24, 2.45) is 5.92 Å². The number of benzene rings is 1. The van der Waals surface area contributed by atoms with Gasteiger partial charge in [-0.15, -0.1) is 11.3 Å². The van der Waals surface area contributed by atoms with Crippen molar-refractivity contribution in [3.8, 4) is 11.3 Å². The van der Waals surface area contributed by atoms with Gasteiger partial charge in [0.15, 0.2) is 5.65 Å². The van der Waals surface area contributed by atoms with E-state index in [1.807, 2.05) is 23.6 Å². The van der Waals surface area contributed by atoms with Crippen LogP contribution in [0.4, 0.5) is 5.69 Å². The molecule has 5 nitrogen and oxygen atoms in total. The normalized spacial score (nSPS) is 12.2. The summed E-state index contributed by atoms with van der Waals surface area (Å²) in [4.78, 5) is 18.0. The second-order valence-electron chi connectivity index (χ2n) is 7.81. The molecule has 0 aliphatic rings. The first kappa shape index (κ1) is 21.2.